The largest absolute Gasteiger partial charge is 0.262 e. The van der Waals surface area contributed by atoms with Crippen molar-refractivity contribution in [1.82, 2.24) is 19.5 Å². The van der Waals surface area contributed by atoms with Gasteiger partial charge in [0, 0.05) is 7.05 Å². The van der Waals surface area contributed by atoms with Crippen molar-refractivity contribution >= 4 is 10.0 Å². The molecule has 0 aliphatic rings. The van der Waals surface area contributed by atoms with Crippen LogP contribution in [-0.4, -0.2) is 35.0 Å². The Bertz CT molecular complexity index is 695. The highest BCUT2D eigenvalue weighted by Crippen LogP contribution is 2.20. The van der Waals surface area contributed by atoms with Gasteiger partial charge in [-0.15, -0.1) is 0 Å². The maximum absolute atomic E-state index is 13.1. The summed E-state index contributed by atoms with van der Waals surface area (Å²) in [6.45, 7) is -0.178. The minimum atomic E-state index is -4.18. The van der Waals surface area contributed by atoms with E-state index < -0.39 is 32.4 Å². The van der Waals surface area contributed by atoms with Crippen LogP contribution in [0.15, 0.2) is 23.4 Å². The minimum absolute atomic E-state index is 0.178. The molecule has 0 saturated carbocycles. The van der Waals surface area contributed by atoms with E-state index in [0.717, 1.165) is 4.31 Å². The molecular formula is C10H9F3N4O2S. The Morgan fingerprint density at radius 1 is 1.25 bits per heavy atom. The van der Waals surface area contributed by atoms with E-state index >= 15 is 0 Å². The first-order valence-electron chi connectivity index (χ1n) is 5.27. The Balaban J connectivity index is 2.35. The Labute approximate surface area is 112 Å². The van der Waals surface area contributed by atoms with Crippen molar-refractivity contribution in [3.05, 3.63) is 41.7 Å². The lowest BCUT2D eigenvalue weighted by molar-refractivity contribution is 0.435. The van der Waals surface area contributed by atoms with Crippen LogP contribution in [0.5, 0.6) is 0 Å². The van der Waals surface area contributed by atoms with Crippen molar-refractivity contribution in [3.8, 4) is 0 Å². The predicted molar refractivity (Wildman–Crippen MR) is 61.4 cm³/mol. The van der Waals surface area contributed by atoms with Gasteiger partial charge in [-0.1, -0.05) is 0 Å². The van der Waals surface area contributed by atoms with Gasteiger partial charge < -0.3 is 0 Å². The lowest BCUT2D eigenvalue weighted by Gasteiger charge is -2.16. The Kier molecular flexibility index (Phi) is 3.77. The standard InChI is InChI=1S/C10H9F3N4O2S/c1-17(4-9-14-5-15-16-9)20(18,19)6-2-7(11)10(13)8(12)3-6/h2-3,5H,4H2,1H3,(H,14,15,16). The SMILES string of the molecule is CN(Cc1ncn[nH]1)S(=O)(=O)c1cc(F)c(F)c(F)c1. The zero-order valence-electron chi connectivity index (χ0n) is 10.1. The molecule has 10 heteroatoms. The number of nitrogens with one attached hydrogen (secondary N) is 1. The zero-order chi connectivity index (χ0) is 14.9. The van der Waals surface area contributed by atoms with E-state index in [4.69, 9.17) is 0 Å². The van der Waals surface area contributed by atoms with Crippen LogP contribution < -0.4 is 0 Å². The topological polar surface area (TPSA) is 79.0 Å². The molecule has 0 aliphatic carbocycles. The lowest BCUT2D eigenvalue weighted by Crippen LogP contribution is -2.27. The van der Waals surface area contributed by atoms with Gasteiger partial charge in [0.25, 0.3) is 0 Å². The van der Waals surface area contributed by atoms with E-state index in [0.29, 0.717) is 12.1 Å². The smallest absolute Gasteiger partial charge is 0.243 e. The summed E-state index contributed by atoms with van der Waals surface area (Å²) in [5.41, 5.74) is 0. The molecule has 0 saturated heterocycles. The molecule has 108 valence electrons. The number of benzene rings is 1. The van der Waals surface area contributed by atoms with Crippen molar-refractivity contribution in [2.75, 3.05) is 7.05 Å². The molecule has 0 unspecified atom stereocenters. The first-order valence-corrected chi connectivity index (χ1v) is 6.71. The van der Waals surface area contributed by atoms with Gasteiger partial charge in [-0.25, -0.2) is 26.6 Å². The van der Waals surface area contributed by atoms with Crippen LogP contribution in [0.1, 0.15) is 5.82 Å². The number of nitrogens with zero attached hydrogens (tertiary/aromatic N) is 3. The monoisotopic (exact) mass is 306 g/mol. The number of H-pyrrole nitrogens is 1. The molecule has 0 amide bonds. The number of hydrogen-bond acceptors (Lipinski definition) is 4. The highest BCUT2D eigenvalue weighted by atomic mass is 32.2. The molecule has 0 aliphatic heterocycles. The highest BCUT2D eigenvalue weighted by molar-refractivity contribution is 7.89. The van der Waals surface area contributed by atoms with Crippen LogP contribution >= 0.6 is 0 Å². The van der Waals surface area contributed by atoms with Crippen molar-refractivity contribution < 1.29 is 21.6 Å². The third-order valence-electron chi connectivity index (χ3n) is 2.50. The van der Waals surface area contributed by atoms with E-state index in [9.17, 15) is 21.6 Å². The number of aromatic amines is 1. The first-order chi connectivity index (χ1) is 9.32. The van der Waals surface area contributed by atoms with Gasteiger partial charge in [-0.05, 0) is 12.1 Å². The number of rotatable bonds is 4. The Morgan fingerprint density at radius 3 is 2.35 bits per heavy atom. The predicted octanol–water partition coefficient (Wildman–Crippen LogP) is 1.04. The molecule has 0 atom stereocenters. The molecule has 2 aromatic rings. The Hall–Kier alpha value is -1.94. The number of aromatic nitrogens is 3. The second-order valence-electron chi connectivity index (χ2n) is 3.89. The van der Waals surface area contributed by atoms with Gasteiger partial charge in [0.1, 0.15) is 12.2 Å². The van der Waals surface area contributed by atoms with Gasteiger partial charge >= 0.3 is 0 Å². The summed E-state index contributed by atoms with van der Waals surface area (Å²) >= 11 is 0. The summed E-state index contributed by atoms with van der Waals surface area (Å²) in [7, 11) is -2.99. The van der Waals surface area contributed by atoms with E-state index in [1.807, 2.05) is 0 Å². The third-order valence-corrected chi connectivity index (χ3v) is 4.28. The molecule has 6 nitrogen and oxygen atoms in total. The van der Waals surface area contributed by atoms with Gasteiger partial charge in [0.05, 0.1) is 11.4 Å². The normalized spacial score (nSPS) is 12.1. The molecule has 20 heavy (non-hydrogen) atoms. The number of sulfonamides is 1. The maximum Gasteiger partial charge on any atom is 0.243 e. The summed E-state index contributed by atoms with van der Waals surface area (Å²) in [6.07, 6.45) is 1.19. The average Bonchev–Trinajstić information content (AvgIpc) is 2.88. The number of halogens is 3. The van der Waals surface area contributed by atoms with Crippen LogP contribution in [0.2, 0.25) is 0 Å². The zero-order valence-corrected chi connectivity index (χ0v) is 11.0. The summed E-state index contributed by atoms with van der Waals surface area (Å²) < 4.78 is 64.0. The van der Waals surface area contributed by atoms with Crippen molar-refractivity contribution in [3.63, 3.8) is 0 Å². The molecule has 1 aromatic heterocycles. The molecule has 1 aromatic carbocycles. The molecule has 0 fully saturated rings. The maximum atomic E-state index is 13.1. The molecule has 0 radical (unpaired) electrons. The van der Waals surface area contributed by atoms with E-state index in [1.54, 1.807) is 0 Å². The quantitative estimate of drug-likeness (QED) is 0.856. The van der Waals surface area contributed by atoms with Crippen LogP contribution in [0.4, 0.5) is 13.2 Å². The highest BCUT2D eigenvalue weighted by Gasteiger charge is 2.25. The van der Waals surface area contributed by atoms with Crippen LogP contribution in [0.25, 0.3) is 0 Å². The van der Waals surface area contributed by atoms with E-state index in [-0.39, 0.29) is 12.4 Å². The molecule has 0 spiro atoms. The Morgan fingerprint density at radius 2 is 1.85 bits per heavy atom. The van der Waals surface area contributed by atoms with Crippen molar-refractivity contribution in [1.29, 1.82) is 0 Å². The molecule has 0 bridgehead atoms. The fourth-order valence-corrected chi connectivity index (χ4v) is 2.62. The summed E-state index contributed by atoms with van der Waals surface area (Å²) in [6, 6.07) is 0.843. The molecule has 1 heterocycles. The van der Waals surface area contributed by atoms with Crippen LogP contribution in [-0.2, 0) is 16.6 Å². The van der Waals surface area contributed by atoms with Gasteiger partial charge in [-0.2, -0.15) is 9.40 Å². The average molecular weight is 306 g/mol. The second-order valence-corrected chi connectivity index (χ2v) is 5.94. The fourth-order valence-electron chi connectivity index (χ4n) is 1.46. The summed E-state index contributed by atoms with van der Waals surface area (Å²) in [5, 5.41) is 5.99. The molecule has 1 N–H and O–H groups in total. The van der Waals surface area contributed by atoms with Crippen LogP contribution in [0.3, 0.4) is 0 Å². The van der Waals surface area contributed by atoms with Crippen LogP contribution in [0, 0.1) is 17.5 Å². The van der Waals surface area contributed by atoms with Crippen molar-refractivity contribution in [2.45, 2.75) is 11.4 Å². The van der Waals surface area contributed by atoms with E-state index in [1.165, 1.54) is 13.4 Å². The second kappa shape index (κ2) is 5.21. The summed E-state index contributed by atoms with van der Waals surface area (Å²) in [5.74, 6) is -4.62. The summed E-state index contributed by atoms with van der Waals surface area (Å²) in [4.78, 5) is 3.05. The van der Waals surface area contributed by atoms with Gasteiger partial charge in [0.15, 0.2) is 17.5 Å². The fraction of sp³-hybridized carbons (Fsp3) is 0.200. The van der Waals surface area contributed by atoms with Gasteiger partial charge in [0.2, 0.25) is 10.0 Å². The van der Waals surface area contributed by atoms with Crippen molar-refractivity contribution in [2.24, 2.45) is 0 Å². The van der Waals surface area contributed by atoms with Gasteiger partial charge in [-0.3, -0.25) is 5.10 Å². The first kappa shape index (κ1) is 14.5. The van der Waals surface area contributed by atoms with E-state index in [2.05, 4.69) is 15.2 Å². The number of hydrogen-bond donors (Lipinski definition) is 1. The minimum Gasteiger partial charge on any atom is -0.262 e. The molecular weight excluding hydrogens is 297 g/mol. The lowest BCUT2D eigenvalue weighted by atomic mass is 10.3. The third kappa shape index (κ3) is 2.65. The molecule has 2 rings (SSSR count).